The Balaban J connectivity index is 2.52. The van der Waals surface area contributed by atoms with E-state index >= 15 is 0 Å². The van der Waals surface area contributed by atoms with E-state index in [9.17, 15) is 9.18 Å². The quantitative estimate of drug-likeness (QED) is 0.709. The molecular weight excluding hydrogens is 274 g/mol. The lowest BCUT2D eigenvalue weighted by atomic mass is 10.0. The number of rotatable bonds is 2. The summed E-state index contributed by atoms with van der Waals surface area (Å²) in [6.07, 6.45) is 0. The zero-order valence-corrected chi connectivity index (χ0v) is 11.0. The predicted octanol–water partition coefficient (Wildman–Crippen LogP) is 5.00. The summed E-state index contributed by atoms with van der Waals surface area (Å²) in [6, 6.07) is 9.21. The number of carbonyl (C=O) groups excluding carboxylic acids is 1. The molecule has 0 aliphatic heterocycles. The monoisotopic (exact) mass is 282 g/mol. The molecule has 0 spiro atoms. The van der Waals surface area contributed by atoms with Gasteiger partial charge in [-0.1, -0.05) is 29.3 Å². The summed E-state index contributed by atoms with van der Waals surface area (Å²) in [5, 5.41) is 0.664. The topological polar surface area (TPSA) is 17.1 Å². The summed E-state index contributed by atoms with van der Waals surface area (Å²) in [7, 11) is 0. The van der Waals surface area contributed by atoms with Crippen LogP contribution in [-0.2, 0) is 0 Å². The molecule has 0 amide bonds. The normalized spacial score (nSPS) is 10.4. The van der Waals surface area contributed by atoms with Crippen LogP contribution in [0.25, 0.3) is 11.1 Å². The maximum Gasteiger partial charge on any atom is 0.161 e. The third kappa shape index (κ3) is 2.71. The Morgan fingerprint density at radius 2 is 1.78 bits per heavy atom. The molecule has 2 aromatic rings. The first-order chi connectivity index (χ1) is 8.47. The molecule has 0 aliphatic rings. The molecule has 0 bridgehead atoms. The van der Waals surface area contributed by atoms with Crippen molar-refractivity contribution in [3.05, 3.63) is 57.8 Å². The fraction of sp³-hybridized carbons (Fsp3) is 0.0714. The van der Waals surface area contributed by atoms with Crippen LogP contribution in [0.15, 0.2) is 36.4 Å². The molecular formula is C14H9Cl2FO. The second-order valence-corrected chi connectivity index (χ2v) is 4.75. The highest BCUT2D eigenvalue weighted by atomic mass is 35.5. The smallest absolute Gasteiger partial charge is 0.161 e. The largest absolute Gasteiger partial charge is 0.294 e. The van der Waals surface area contributed by atoms with Crippen LogP contribution in [0.4, 0.5) is 4.39 Å². The molecule has 0 heterocycles. The molecule has 0 saturated heterocycles. The molecule has 18 heavy (non-hydrogen) atoms. The minimum absolute atomic E-state index is 0.108. The van der Waals surface area contributed by atoms with Crippen molar-refractivity contribution in [2.75, 3.05) is 0 Å². The Morgan fingerprint density at radius 3 is 2.33 bits per heavy atom. The summed E-state index contributed by atoms with van der Waals surface area (Å²) in [4.78, 5) is 11.3. The minimum Gasteiger partial charge on any atom is -0.294 e. The summed E-state index contributed by atoms with van der Waals surface area (Å²) in [5.74, 6) is -0.520. The molecule has 0 radical (unpaired) electrons. The van der Waals surface area contributed by atoms with Crippen LogP contribution in [0.5, 0.6) is 0 Å². The Hall–Kier alpha value is -1.38. The number of benzene rings is 2. The number of ketones is 1. The highest BCUT2D eigenvalue weighted by Gasteiger charge is 2.08. The van der Waals surface area contributed by atoms with Gasteiger partial charge in [-0.25, -0.2) is 4.39 Å². The highest BCUT2D eigenvalue weighted by molar-refractivity contribution is 6.34. The van der Waals surface area contributed by atoms with E-state index < -0.39 is 5.82 Å². The second kappa shape index (κ2) is 5.09. The molecule has 0 unspecified atom stereocenters. The van der Waals surface area contributed by atoms with Crippen LogP contribution in [0.2, 0.25) is 10.0 Å². The van der Waals surface area contributed by atoms with Crippen molar-refractivity contribution in [3.8, 4) is 11.1 Å². The fourth-order valence-corrected chi connectivity index (χ4v) is 2.24. The first-order valence-corrected chi connectivity index (χ1v) is 6.00. The number of hydrogen-bond acceptors (Lipinski definition) is 1. The van der Waals surface area contributed by atoms with Crippen LogP contribution in [0.1, 0.15) is 17.3 Å². The average molecular weight is 283 g/mol. The van der Waals surface area contributed by atoms with Gasteiger partial charge in [-0.2, -0.15) is 0 Å². The minimum atomic E-state index is -0.413. The van der Waals surface area contributed by atoms with Gasteiger partial charge in [-0.15, -0.1) is 0 Å². The van der Waals surface area contributed by atoms with Crippen molar-refractivity contribution in [2.45, 2.75) is 6.92 Å². The maximum absolute atomic E-state index is 13.3. The third-order valence-electron chi connectivity index (χ3n) is 2.54. The molecule has 0 saturated carbocycles. The summed E-state index contributed by atoms with van der Waals surface area (Å²) in [5.41, 5.74) is 1.78. The lowest BCUT2D eigenvalue weighted by Crippen LogP contribution is -1.93. The standard InChI is InChI=1S/C14H9Cl2FO/c1-8(18)13-3-2-9(6-14(13)16)10-4-11(15)7-12(17)5-10/h2-7H,1H3. The first kappa shape index (κ1) is 13.1. The van der Waals surface area contributed by atoms with Gasteiger partial charge in [0.2, 0.25) is 0 Å². The third-order valence-corrected chi connectivity index (χ3v) is 3.08. The van der Waals surface area contributed by atoms with Crippen molar-refractivity contribution in [3.63, 3.8) is 0 Å². The zero-order chi connectivity index (χ0) is 13.3. The molecule has 0 fully saturated rings. The Kier molecular flexibility index (Phi) is 3.69. The van der Waals surface area contributed by atoms with Gasteiger partial charge in [0.05, 0.1) is 5.02 Å². The molecule has 92 valence electrons. The molecule has 1 nitrogen and oxygen atoms in total. The van der Waals surface area contributed by atoms with E-state index in [1.54, 1.807) is 24.3 Å². The van der Waals surface area contributed by atoms with Crippen molar-refractivity contribution in [1.82, 2.24) is 0 Å². The van der Waals surface area contributed by atoms with E-state index in [1.807, 2.05) is 0 Å². The van der Waals surface area contributed by atoms with Gasteiger partial charge in [-0.05, 0) is 48.4 Å². The number of carbonyl (C=O) groups is 1. The van der Waals surface area contributed by atoms with E-state index in [1.165, 1.54) is 19.1 Å². The van der Waals surface area contributed by atoms with Crippen molar-refractivity contribution in [1.29, 1.82) is 0 Å². The summed E-state index contributed by atoms with van der Waals surface area (Å²) < 4.78 is 13.3. The molecule has 4 heteroatoms. The summed E-state index contributed by atoms with van der Waals surface area (Å²) in [6.45, 7) is 1.44. The predicted molar refractivity (Wildman–Crippen MR) is 71.9 cm³/mol. The lowest BCUT2D eigenvalue weighted by molar-refractivity contribution is 0.101. The van der Waals surface area contributed by atoms with Crippen LogP contribution in [0.3, 0.4) is 0 Å². The van der Waals surface area contributed by atoms with Crippen LogP contribution in [-0.4, -0.2) is 5.78 Å². The van der Waals surface area contributed by atoms with E-state index in [-0.39, 0.29) is 5.78 Å². The fourth-order valence-electron chi connectivity index (χ4n) is 1.70. The van der Waals surface area contributed by atoms with E-state index in [4.69, 9.17) is 23.2 Å². The Bertz CT molecular complexity index is 603. The molecule has 0 aliphatic carbocycles. The highest BCUT2D eigenvalue weighted by Crippen LogP contribution is 2.28. The van der Waals surface area contributed by atoms with Gasteiger partial charge in [0.1, 0.15) is 5.82 Å². The lowest BCUT2D eigenvalue weighted by Gasteiger charge is -2.06. The van der Waals surface area contributed by atoms with E-state index in [2.05, 4.69) is 0 Å². The van der Waals surface area contributed by atoms with E-state index in [0.717, 1.165) is 0 Å². The molecule has 0 atom stereocenters. The van der Waals surface area contributed by atoms with Gasteiger partial charge in [0, 0.05) is 10.6 Å². The number of halogens is 3. The van der Waals surface area contributed by atoms with Crippen LogP contribution >= 0.6 is 23.2 Å². The second-order valence-electron chi connectivity index (χ2n) is 3.91. The van der Waals surface area contributed by atoms with Gasteiger partial charge in [-0.3, -0.25) is 4.79 Å². The van der Waals surface area contributed by atoms with Gasteiger partial charge in [0.25, 0.3) is 0 Å². The van der Waals surface area contributed by atoms with Gasteiger partial charge < -0.3 is 0 Å². The zero-order valence-electron chi connectivity index (χ0n) is 9.51. The summed E-state index contributed by atoms with van der Waals surface area (Å²) >= 11 is 11.8. The van der Waals surface area contributed by atoms with Crippen molar-refractivity contribution >= 4 is 29.0 Å². The van der Waals surface area contributed by atoms with Crippen molar-refractivity contribution < 1.29 is 9.18 Å². The number of hydrogen-bond donors (Lipinski definition) is 0. The number of Topliss-reactive ketones (excluding diaryl/α,β-unsaturated/α-hetero) is 1. The molecule has 2 aromatic carbocycles. The molecule has 2 rings (SSSR count). The molecule has 0 aromatic heterocycles. The average Bonchev–Trinajstić information content (AvgIpc) is 2.26. The van der Waals surface area contributed by atoms with Gasteiger partial charge in [0.15, 0.2) is 5.78 Å². The van der Waals surface area contributed by atoms with Crippen LogP contribution < -0.4 is 0 Å². The van der Waals surface area contributed by atoms with E-state index in [0.29, 0.717) is 26.7 Å². The van der Waals surface area contributed by atoms with Crippen molar-refractivity contribution in [2.24, 2.45) is 0 Å². The maximum atomic E-state index is 13.3. The Labute approximate surface area is 114 Å². The SMILES string of the molecule is CC(=O)c1ccc(-c2cc(F)cc(Cl)c2)cc1Cl. The molecule has 0 N–H and O–H groups in total. The van der Waals surface area contributed by atoms with Gasteiger partial charge >= 0.3 is 0 Å². The van der Waals surface area contributed by atoms with Crippen LogP contribution in [0, 0.1) is 5.82 Å². The first-order valence-electron chi connectivity index (χ1n) is 5.24. The Morgan fingerprint density at radius 1 is 1.06 bits per heavy atom.